The molecule has 0 radical (unpaired) electrons. The highest BCUT2D eigenvalue weighted by Gasteiger charge is 2.34. The molecule has 2 amide bonds. The summed E-state index contributed by atoms with van der Waals surface area (Å²) in [7, 11) is 0. The molecule has 0 saturated carbocycles. The van der Waals surface area contributed by atoms with Crippen LogP contribution in [0.2, 0.25) is 0 Å². The fourth-order valence-corrected chi connectivity index (χ4v) is 2.67. The minimum atomic E-state index is -0.835. The smallest absolute Gasteiger partial charge is 0.261 e. The van der Waals surface area contributed by atoms with Gasteiger partial charge < -0.3 is 15.0 Å². The number of nitrogens with one attached hydrogen (secondary N) is 1. The van der Waals surface area contributed by atoms with Crippen LogP contribution in [0.3, 0.4) is 0 Å². The largest absolute Gasteiger partial charge is 0.484 e. The first-order chi connectivity index (χ1) is 12.0. The first kappa shape index (κ1) is 16.9. The van der Waals surface area contributed by atoms with Crippen molar-refractivity contribution in [2.24, 2.45) is 0 Å². The van der Waals surface area contributed by atoms with E-state index in [9.17, 15) is 18.4 Å². The van der Waals surface area contributed by atoms with E-state index in [0.29, 0.717) is 24.4 Å². The van der Waals surface area contributed by atoms with Crippen molar-refractivity contribution < 1.29 is 23.1 Å². The van der Waals surface area contributed by atoms with Gasteiger partial charge in [-0.15, -0.1) is 0 Å². The lowest BCUT2D eigenvalue weighted by Gasteiger charge is -2.35. The van der Waals surface area contributed by atoms with Crippen LogP contribution in [0.1, 0.15) is 11.6 Å². The normalized spacial score (nSPS) is 17.1. The quantitative estimate of drug-likeness (QED) is 0.922. The third kappa shape index (κ3) is 3.93. The van der Waals surface area contributed by atoms with Gasteiger partial charge in [-0.25, -0.2) is 8.78 Å². The standard InChI is InChI=1S/C18H16F2N2O3/c19-13-3-1-12(2-4-13)17-18(24)21-9-10-22(17)16(23)11-25-15-7-5-14(20)6-8-15/h1-8,17H,9-11H2,(H,21,24). The second-order valence-corrected chi connectivity index (χ2v) is 5.57. The number of hydrogen-bond donors (Lipinski definition) is 1. The van der Waals surface area contributed by atoms with Crippen molar-refractivity contribution in [3.8, 4) is 5.75 Å². The van der Waals surface area contributed by atoms with E-state index in [1.54, 1.807) is 0 Å². The predicted octanol–water partition coefficient (Wildman–Crippen LogP) is 2.04. The molecular formula is C18H16F2N2O3. The molecule has 1 unspecified atom stereocenters. The van der Waals surface area contributed by atoms with Crippen LogP contribution < -0.4 is 10.1 Å². The zero-order chi connectivity index (χ0) is 17.8. The Labute approximate surface area is 143 Å². The van der Waals surface area contributed by atoms with Gasteiger partial charge in [0.15, 0.2) is 6.61 Å². The first-order valence-electron chi connectivity index (χ1n) is 7.75. The molecular weight excluding hydrogens is 330 g/mol. The number of halogens is 2. The van der Waals surface area contributed by atoms with Crippen molar-refractivity contribution in [2.75, 3.05) is 19.7 Å². The molecule has 1 saturated heterocycles. The van der Waals surface area contributed by atoms with E-state index < -0.39 is 17.7 Å². The van der Waals surface area contributed by atoms with Crippen molar-refractivity contribution in [3.63, 3.8) is 0 Å². The van der Waals surface area contributed by atoms with Gasteiger partial charge in [0, 0.05) is 13.1 Å². The molecule has 2 aromatic rings. The van der Waals surface area contributed by atoms with E-state index in [-0.39, 0.29) is 18.4 Å². The fraction of sp³-hybridized carbons (Fsp3) is 0.222. The molecule has 1 fully saturated rings. The molecule has 7 heteroatoms. The van der Waals surface area contributed by atoms with E-state index >= 15 is 0 Å². The molecule has 0 aliphatic carbocycles. The molecule has 5 nitrogen and oxygen atoms in total. The maximum Gasteiger partial charge on any atom is 0.261 e. The lowest BCUT2D eigenvalue weighted by atomic mass is 10.0. The van der Waals surface area contributed by atoms with E-state index in [4.69, 9.17) is 4.74 Å². The molecule has 1 aliphatic heterocycles. The van der Waals surface area contributed by atoms with Crippen LogP contribution >= 0.6 is 0 Å². The Morgan fingerprint density at radius 3 is 2.32 bits per heavy atom. The number of rotatable bonds is 4. The van der Waals surface area contributed by atoms with Crippen LogP contribution in [0.25, 0.3) is 0 Å². The third-order valence-corrected chi connectivity index (χ3v) is 3.89. The number of amides is 2. The van der Waals surface area contributed by atoms with E-state index in [2.05, 4.69) is 5.32 Å². The number of carbonyl (C=O) groups is 2. The van der Waals surface area contributed by atoms with Crippen molar-refractivity contribution >= 4 is 11.8 Å². The summed E-state index contributed by atoms with van der Waals surface area (Å²) in [6.07, 6.45) is 0. The summed E-state index contributed by atoms with van der Waals surface area (Å²) in [5.74, 6) is -1.17. The Bertz CT molecular complexity index is 763. The van der Waals surface area contributed by atoms with Gasteiger partial charge in [-0.2, -0.15) is 0 Å². The zero-order valence-electron chi connectivity index (χ0n) is 13.2. The SMILES string of the molecule is O=C1NCCN(C(=O)COc2ccc(F)cc2)C1c1ccc(F)cc1. The molecule has 2 aromatic carbocycles. The van der Waals surface area contributed by atoms with Crippen LogP contribution in [0.5, 0.6) is 5.75 Å². The van der Waals surface area contributed by atoms with Crippen molar-refractivity contribution in [1.29, 1.82) is 0 Å². The van der Waals surface area contributed by atoms with Crippen LogP contribution in [-0.4, -0.2) is 36.4 Å². The average molecular weight is 346 g/mol. The van der Waals surface area contributed by atoms with Gasteiger partial charge >= 0.3 is 0 Å². The summed E-state index contributed by atoms with van der Waals surface area (Å²) >= 11 is 0. The van der Waals surface area contributed by atoms with E-state index in [1.807, 2.05) is 0 Å². The molecule has 130 valence electrons. The summed E-state index contributed by atoms with van der Waals surface area (Å²) in [6.45, 7) is 0.370. The summed E-state index contributed by atoms with van der Waals surface area (Å²) in [4.78, 5) is 26.1. The van der Waals surface area contributed by atoms with Crippen LogP contribution in [0.15, 0.2) is 48.5 Å². The maximum absolute atomic E-state index is 13.1. The fourth-order valence-electron chi connectivity index (χ4n) is 2.67. The molecule has 1 aliphatic rings. The Kier molecular flexibility index (Phi) is 4.92. The van der Waals surface area contributed by atoms with Gasteiger partial charge in [0.1, 0.15) is 23.4 Å². The summed E-state index contributed by atoms with van der Waals surface area (Å²) < 4.78 is 31.4. The minimum Gasteiger partial charge on any atom is -0.484 e. The van der Waals surface area contributed by atoms with Gasteiger partial charge in [-0.1, -0.05) is 12.1 Å². The second-order valence-electron chi connectivity index (χ2n) is 5.57. The van der Waals surface area contributed by atoms with Crippen molar-refractivity contribution in [3.05, 3.63) is 65.7 Å². The lowest BCUT2D eigenvalue weighted by molar-refractivity contribution is -0.145. The molecule has 0 aromatic heterocycles. The predicted molar refractivity (Wildman–Crippen MR) is 85.8 cm³/mol. The molecule has 0 bridgehead atoms. The number of carbonyl (C=O) groups excluding carboxylic acids is 2. The van der Waals surface area contributed by atoms with E-state index in [1.165, 1.54) is 53.4 Å². The summed E-state index contributed by atoms with van der Waals surface area (Å²) in [5, 5.41) is 2.70. The van der Waals surface area contributed by atoms with Gasteiger partial charge in [0.05, 0.1) is 0 Å². The number of hydrogen-bond acceptors (Lipinski definition) is 3. The molecule has 1 N–H and O–H groups in total. The topological polar surface area (TPSA) is 58.6 Å². The number of piperazine rings is 1. The molecule has 25 heavy (non-hydrogen) atoms. The van der Waals surface area contributed by atoms with Crippen molar-refractivity contribution in [2.45, 2.75) is 6.04 Å². The minimum absolute atomic E-state index is 0.281. The Hall–Kier alpha value is -2.96. The van der Waals surface area contributed by atoms with Crippen LogP contribution in [0, 0.1) is 11.6 Å². The number of ether oxygens (including phenoxy) is 1. The zero-order valence-corrected chi connectivity index (χ0v) is 13.2. The number of benzene rings is 2. The summed E-state index contributed by atoms with van der Waals surface area (Å²) in [5.41, 5.74) is 0.522. The Morgan fingerprint density at radius 1 is 1.08 bits per heavy atom. The second kappa shape index (κ2) is 7.29. The first-order valence-corrected chi connectivity index (χ1v) is 7.75. The highest BCUT2D eigenvalue weighted by Crippen LogP contribution is 2.24. The van der Waals surface area contributed by atoms with Crippen LogP contribution in [-0.2, 0) is 9.59 Å². The lowest BCUT2D eigenvalue weighted by Crippen LogP contribution is -2.53. The molecule has 1 atom stereocenters. The summed E-state index contributed by atoms with van der Waals surface area (Å²) in [6, 6.07) is 9.91. The highest BCUT2D eigenvalue weighted by molar-refractivity contribution is 5.90. The van der Waals surface area contributed by atoms with Gasteiger partial charge in [0.2, 0.25) is 5.91 Å². The number of nitrogens with zero attached hydrogens (tertiary/aromatic N) is 1. The van der Waals surface area contributed by atoms with Crippen molar-refractivity contribution in [1.82, 2.24) is 10.2 Å². The molecule has 3 rings (SSSR count). The molecule has 1 heterocycles. The Morgan fingerprint density at radius 2 is 1.68 bits per heavy atom. The van der Waals surface area contributed by atoms with Gasteiger partial charge in [0.25, 0.3) is 5.91 Å². The van der Waals surface area contributed by atoms with Crippen LogP contribution in [0.4, 0.5) is 8.78 Å². The van der Waals surface area contributed by atoms with Gasteiger partial charge in [-0.3, -0.25) is 9.59 Å². The third-order valence-electron chi connectivity index (χ3n) is 3.89. The van der Waals surface area contributed by atoms with E-state index in [0.717, 1.165) is 0 Å². The molecule has 0 spiro atoms. The highest BCUT2D eigenvalue weighted by atomic mass is 19.1. The monoisotopic (exact) mass is 346 g/mol. The average Bonchev–Trinajstić information content (AvgIpc) is 2.62. The Balaban J connectivity index is 1.73. The van der Waals surface area contributed by atoms with Gasteiger partial charge in [-0.05, 0) is 42.0 Å². The maximum atomic E-state index is 13.1.